The Balaban J connectivity index is 1.35. The number of ether oxygens (including phenoxy) is 1. The van der Waals surface area contributed by atoms with Gasteiger partial charge in [-0.3, -0.25) is 0 Å². The summed E-state index contributed by atoms with van der Waals surface area (Å²) in [5.41, 5.74) is 1.66. The van der Waals surface area contributed by atoms with Gasteiger partial charge in [-0.15, -0.1) is 22.7 Å². The molecule has 0 aliphatic rings. The van der Waals surface area contributed by atoms with Gasteiger partial charge in [-0.2, -0.15) is 0 Å². The highest BCUT2D eigenvalue weighted by Crippen LogP contribution is 2.36. The predicted octanol–water partition coefficient (Wildman–Crippen LogP) is 5.13. The molecule has 0 fully saturated rings. The van der Waals surface area contributed by atoms with Crippen molar-refractivity contribution in [2.75, 3.05) is 23.7 Å². The molecule has 0 amide bonds. The van der Waals surface area contributed by atoms with Gasteiger partial charge in [0.15, 0.2) is 0 Å². The van der Waals surface area contributed by atoms with E-state index in [4.69, 9.17) is 4.74 Å². The van der Waals surface area contributed by atoms with E-state index in [2.05, 4.69) is 10.6 Å². The van der Waals surface area contributed by atoms with E-state index in [0.717, 1.165) is 33.8 Å². The van der Waals surface area contributed by atoms with Gasteiger partial charge in [0.1, 0.15) is 23.1 Å². The van der Waals surface area contributed by atoms with Gasteiger partial charge in [-0.05, 0) is 23.3 Å². The first kappa shape index (κ1) is 25.6. The Bertz CT molecular complexity index is 1340. The molecule has 37 heavy (non-hydrogen) atoms. The van der Waals surface area contributed by atoms with Crippen molar-refractivity contribution in [1.82, 2.24) is 0 Å². The molecule has 2 aromatic carbocycles. The number of carbonyl (C=O) groups is 4. The molecular weight excluding hydrogens is 516 g/mol. The number of hydrogen-bond acceptors (Lipinski definition) is 9. The maximum absolute atomic E-state index is 12.2. The van der Waals surface area contributed by atoms with Crippen LogP contribution in [0, 0.1) is 0 Å². The number of benzene rings is 2. The van der Waals surface area contributed by atoms with Gasteiger partial charge >= 0.3 is 23.9 Å². The van der Waals surface area contributed by atoms with E-state index in [1.165, 1.54) is 12.1 Å². The molecule has 0 bridgehead atoms. The Kier molecular flexibility index (Phi) is 7.96. The summed E-state index contributed by atoms with van der Waals surface area (Å²) in [6.45, 7) is -0.864. The second-order valence-electron chi connectivity index (χ2n) is 7.60. The second kappa shape index (κ2) is 11.5. The minimum atomic E-state index is -1.16. The number of nitrogens with one attached hydrogen (secondary N) is 2. The molecule has 4 rings (SSSR count). The number of thiophene rings is 2. The minimum Gasteiger partial charge on any atom is -0.478 e. The largest absolute Gasteiger partial charge is 0.478 e. The summed E-state index contributed by atoms with van der Waals surface area (Å²) in [5, 5.41) is 25.0. The van der Waals surface area contributed by atoms with Crippen molar-refractivity contribution < 1.29 is 34.1 Å². The van der Waals surface area contributed by atoms with Crippen LogP contribution in [0.15, 0.2) is 72.8 Å². The molecule has 4 aromatic rings. The Labute approximate surface area is 219 Å². The summed E-state index contributed by atoms with van der Waals surface area (Å²) in [5.74, 6) is -4.14. The molecule has 188 valence electrons. The number of anilines is 2. The lowest BCUT2D eigenvalue weighted by Gasteiger charge is -2.07. The Hall–Kier alpha value is -4.48. The molecule has 0 saturated carbocycles. The van der Waals surface area contributed by atoms with Crippen molar-refractivity contribution in [3.8, 4) is 20.9 Å². The van der Waals surface area contributed by atoms with Crippen molar-refractivity contribution >= 4 is 56.6 Å². The number of carboxylic acid groups (broad SMARTS) is 2. The molecule has 0 saturated heterocycles. The first-order valence-corrected chi connectivity index (χ1v) is 12.5. The summed E-state index contributed by atoms with van der Waals surface area (Å²) in [7, 11) is 0. The number of carbonyl (C=O) groups excluding carboxylic acids is 2. The Morgan fingerprint density at radius 1 is 0.649 bits per heavy atom. The minimum absolute atomic E-state index is 0.00207. The van der Waals surface area contributed by atoms with Gasteiger partial charge in [0, 0.05) is 9.75 Å². The van der Waals surface area contributed by atoms with Gasteiger partial charge in [0.2, 0.25) is 0 Å². The van der Waals surface area contributed by atoms with Crippen LogP contribution in [0.2, 0.25) is 0 Å². The van der Waals surface area contributed by atoms with E-state index in [9.17, 15) is 29.4 Å². The van der Waals surface area contributed by atoms with Crippen molar-refractivity contribution in [2.45, 2.75) is 0 Å². The van der Waals surface area contributed by atoms with Gasteiger partial charge in [-0.1, -0.05) is 60.7 Å². The molecule has 4 N–H and O–H groups in total. The van der Waals surface area contributed by atoms with E-state index < -0.39 is 37.0 Å². The highest BCUT2D eigenvalue weighted by molar-refractivity contribution is 7.20. The predicted molar refractivity (Wildman–Crippen MR) is 142 cm³/mol. The average Bonchev–Trinajstić information content (AvgIpc) is 3.52. The number of esters is 2. The van der Waals surface area contributed by atoms with Crippen LogP contribution in [0.25, 0.3) is 20.9 Å². The van der Waals surface area contributed by atoms with Crippen LogP contribution < -0.4 is 10.6 Å². The van der Waals surface area contributed by atoms with Crippen molar-refractivity contribution in [1.29, 1.82) is 0 Å². The Morgan fingerprint density at radius 2 is 1.03 bits per heavy atom. The molecule has 9 nitrogen and oxygen atoms in total. The Morgan fingerprint density at radius 3 is 1.38 bits per heavy atom. The first-order chi connectivity index (χ1) is 17.8. The smallest absolute Gasteiger partial charge is 0.338 e. The van der Waals surface area contributed by atoms with Crippen molar-refractivity contribution in [2.24, 2.45) is 0 Å². The third kappa shape index (κ3) is 6.40. The summed E-state index contributed by atoms with van der Waals surface area (Å²) >= 11 is 2.33. The molecule has 11 heteroatoms. The van der Waals surface area contributed by atoms with Crippen LogP contribution in [0.1, 0.15) is 20.7 Å². The van der Waals surface area contributed by atoms with Gasteiger partial charge in [-0.25, -0.2) is 19.2 Å². The zero-order valence-corrected chi connectivity index (χ0v) is 20.7. The molecule has 0 spiro atoms. The van der Waals surface area contributed by atoms with E-state index in [-0.39, 0.29) is 21.1 Å². The molecule has 0 unspecified atom stereocenters. The fourth-order valence-electron chi connectivity index (χ4n) is 3.36. The summed E-state index contributed by atoms with van der Waals surface area (Å²) < 4.78 is 4.79. The van der Waals surface area contributed by atoms with E-state index in [1.807, 2.05) is 60.7 Å². The normalized spacial score (nSPS) is 10.5. The molecule has 0 atom stereocenters. The highest BCUT2D eigenvalue weighted by Gasteiger charge is 2.20. The molecule has 2 heterocycles. The summed E-state index contributed by atoms with van der Waals surface area (Å²) in [6.07, 6.45) is 0. The number of rotatable bonds is 10. The van der Waals surface area contributed by atoms with Crippen LogP contribution in [0.5, 0.6) is 0 Å². The van der Waals surface area contributed by atoms with Crippen molar-refractivity contribution in [3.05, 3.63) is 83.9 Å². The van der Waals surface area contributed by atoms with Crippen LogP contribution in [0.4, 0.5) is 10.0 Å². The molecule has 2 aromatic heterocycles. The van der Waals surface area contributed by atoms with Crippen LogP contribution >= 0.6 is 22.7 Å². The maximum atomic E-state index is 12.2. The second-order valence-corrected chi connectivity index (χ2v) is 9.71. The van der Waals surface area contributed by atoms with E-state index in [0.29, 0.717) is 9.75 Å². The zero-order chi connectivity index (χ0) is 26.4. The monoisotopic (exact) mass is 536 g/mol. The lowest BCUT2D eigenvalue weighted by molar-refractivity contribution is -0.157. The fraction of sp³-hybridized carbons (Fsp3) is 0.0769. The van der Waals surface area contributed by atoms with E-state index in [1.54, 1.807) is 0 Å². The quantitative estimate of drug-likeness (QED) is 0.160. The standard InChI is InChI=1S/C26H20N2O7S2/c29-21(13-27-23-17(25(31)32)11-19(36-23)15-7-3-1-4-8-15)35-22(30)14-28-24-18(26(33)34)12-20(37-24)16-9-5-2-6-10-16/h1-12,27-28H,13-14H2,(H,31,32)(H,33,34). The summed E-state index contributed by atoms with van der Waals surface area (Å²) in [4.78, 5) is 49.0. The number of carboxylic acids is 2. The number of aromatic carboxylic acids is 2. The number of hydrogen-bond donors (Lipinski definition) is 4. The third-order valence-electron chi connectivity index (χ3n) is 5.06. The lowest BCUT2D eigenvalue weighted by Crippen LogP contribution is -2.25. The highest BCUT2D eigenvalue weighted by atomic mass is 32.1. The van der Waals surface area contributed by atoms with Gasteiger partial charge < -0.3 is 25.6 Å². The van der Waals surface area contributed by atoms with Gasteiger partial charge in [0.05, 0.1) is 11.1 Å². The third-order valence-corrected chi connectivity index (χ3v) is 7.34. The van der Waals surface area contributed by atoms with Crippen LogP contribution in [-0.2, 0) is 14.3 Å². The first-order valence-electron chi connectivity index (χ1n) is 10.9. The van der Waals surface area contributed by atoms with Crippen LogP contribution in [0.3, 0.4) is 0 Å². The SMILES string of the molecule is O=C(CNc1sc(-c2ccccc2)cc1C(=O)O)OC(=O)CNc1sc(-c2ccccc2)cc1C(=O)O. The maximum Gasteiger partial charge on any atom is 0.338 e. The van der Waals surface area contributed by atoms with E-state index >= 15 is 0 Å². The molecule has 0 aliphatic heterocycles. The van der Waals surface area contributed by atoms with Crippen LogP contribution in [-0.4, -0.2) is 47.2 Å². The van der Waals surface area contributed by atoms with Crippen molar-refractivity contribution in [3.63, 3.8) is 0 Å². The molecular formula is C26H20N2O7S2. The fourth-order valence-corrected chi connectivity index (χ4v) is 5.46. The lowest BCUT2D eigenvalue weighted by atomic mass is 10.1. The zero-order valence-electron chi connectivity index (χ0n) is 19.1. The molecule has 0 aliphatic carbocycles. The van der Waals surface area contributed by atoms with Gasteiger partial charge in [0.25, 0.3) is 0 Å². The summed E-state index contributed by atoms with van der Waals surface area (Å²) in [6, 6.07) is 21.4. The topological polar surface area (TPSA) is 142 Å². The molecule has 0 radical (unpaired) electrons. The average molecular weight is 537 g/mol.